The minimum absolute atomic E-state index is 0.0949. The highest BCUT2D eigenvalue weighted by Crippen LogP contribution is 2.20. The van der Waals surface area contributed by atoms with Crippen LogP contribution in [0.4, 0.5) is 0 Å². The summed E-state index contributed by atoms with van der Waals surface area (Å²) >= 11 is 1.63. The van der Waals surface area contributed by atoms with E-state index in [4.69, 9.17) is 0 Å². The van der Waals surface area contributed by atoms with Crippen molar-refractivity contribution in [3.63, 3.8) is 0 Å². The Hall–Kier alpha value is -1.61. The third-order valence-electron chi connectivity index (χ3n) is 3.59. The summed E-state index contributed by atoms with van der Waals surface area (Å²) in [6, 6.07) is 10.5. The highest BCUT2D eigenvalue weighted by Gasteiger charge is 2.13. The minimum Gasteiger partial charge on any atom is -0.349 e. The van der Waals surface area contributed by atoms with Crippen molar-refractivity contribution in [1.29, 1.82) is 0 Å². The molecule has 1 atom stereocenters. The van der Waals surface area contributed by atoms with Crippen LogP contribution in [0.15, 0.2) is 35.7 Å². The lowest BCUT2D eigenvalue weighted by Crippen LogP contribution is -2.29. The van der Waals surface area contributed by atoms with E-state index in [0.29, 0.717) is 6.42 Å². The van der Waals surface area contributed by atoms with Crippen LogP contribution in [0.1, 0.15) is 41.0 Å². The highest BCUT2D eigenvalue weighted by atomic mass is 32.1. The van der Waals surface area contributed by atoms with Gasteiger partial charge in [0.05, 0.1) is 12.5 Å². The minimum atomic E-state index is 0.0949. The third kappa shape index (κ3) is 3.70. The number of nitrogens with one attached hydrogen (secondary N) is 1. The van der Waals surface area contributed by atoms with Crippen molar-refractivity contribution >= 4 is 17.2 Å². The maximum Gasteiger partial charge on any atom is 0.225 e. The number of carbonyl (C=O) groups is 1. The number of benzene rings is 1. The summed E-state index contributed by atoms with van der Waals surface area (Å²) in [6.07, 6.45) is 1.37. The highest BCUT2D eigenvalue weighted by molar-refractivity contribution is 7.10. The predicted molar refractivity (Wildman–Crippen MR) is 85.1 cm³/mol. The molecule has 0 aliphatic rings. The SMILES string of the molecule is CC[C@H](NC(=O)Cc1cccs1)c1ccc(C)c(C)c1. The lowest BCUT2D eigenvalue weighted by atomic mass is 9.99. The van der Waals surface area contributed by atoms with Gasteiger partial charge in [0.15, 0.2) is 0 Å². The van der Waals surface area contributed by atoms with E-state index in [1.807, 2.05) is 17.5 Å². The van der Waals surface area contributed by atoms with Crippen LogP contribution in [-0.4, -0.2) is 5.91 Å². The molecule has 0 spiro atoms. The topological polar surface area (TPSA) is 29.1 Å². The van der Waals surface area contributed by atoms with Gasteiger partial charge >= 0.3 is 0 Å². The molecule has 1 N–H and O–H groups in total. The Bertz CT molecular complexity index is 575. The Labute approximate surface area is 124 Å². The fraction of sp³-hybridized carbons (Fsp3) is 0.353. The number of thiophene rings is 1. The van der Waals surface area contributed by atoms with Crippen molar-refractivity contribution in [2.75, 3.05) is 0 Å². The molecular formula is C17H21NOS. The summed E-state index contributed by atoms with van der Waals surface area (Å²) in [5, 5.41) is 5.14. The molecule has 0 aliphatic heterocycles. The summed E-state index contributed by atoms with van der Waals surface area (Å²) in [5.74, 6) is 0.0949. The maximum absolute atomic E-state index is 12.1. The normalized spacial score (nSPS) is 12.2. The monoisotopic (exact) mass is 287 g/mol. The molecule has 20 heavy (non-hydrogen) atoms. The lowest BCUT2D eigenvalue weighted by Gasteiger charge is -2.18. The van der Waals surface area contributed by atoms with Gasteiger partial charge in [-0.05, 0) is 48.4 Å². The molecule has 0 saturated heterocycles. The zero-order chi connectivity index (χ0) is 14.5. The van der Waals surface area contributed by atoms with Crippen molar-refractivity contribution in [3.8, 4) is 0 Å². The van der Waals surface area contributed by atoms with E-state index in [1.165, 1.54) is 16.7 Å². The first-order valence-electron chi connectivity index (χ1n) is 6.99. The van der Waals surface area contributed by atoms with E-state index in [9.17, 15) is 4.79 Å². The number of aryl methyl sites for hydroxylation is 2. The van der Waals surface area contributed by atoms with Crippen molar-refractivity contribution < 1.29 is 4.79 Å². The summed E-state index contributed by atoms with van der Waals surface area (Å²) in [5.41, 5.74) is 3.75. The van der Waals surface area contributed by atoms with Gasteiger partial charge in [0.1, 0.15) is 0 Å². The van der Waals surface area contributed by atoms with E-state index in [2.05, 4.69) is 44.3 Å². The number of carbonyl (C=O) groups excluding carboxylic acids is 1. The Balaban J connectivity index is 2.04. The maximum atomic E-state index is 12.1. The average molecular weight is 287 g/mol. The molecule has 106 valence electrons. The second-order valence-corrected chi connectivity index (χ2v) is 6.16. The van der Waals surface area contributed by atoms with Crippen molar-refractivity contribution in [1.82, 2.24) is 5.32 Å². The lowest BCUT2D eigenvalue weighted by molar-refractivity contribution is -0.121. The molecule has 0 unspecified atom stereocenters. The van der Waals surface area contributed by atoms with E-state index in [1.54, 1.807) is 11.3 Å². The van der Waals surface area contributed by atoms with Gasteiger partial charge in [0.25, 0.3) is 0 Å². The van der Waals surface area contributed by atoms with Crippen molar-refractivity contribution in [2.45, 2.75) is 39.7 Å². The third-order valence-corrected chi connectivity index (χ3v) is 4.47. The summed E-state index contributed by atoms with van der Waals surface area (Å²) < 4.78 is 0. The van der Waals surface area contributed by atoms with E-state index in [0.717, 1.165) is 11.3 Å². The van der Waals surface area contributed by atoms with Gasteiger partial charge in [-0.3, -0.25) is 4.79 Å². The molecule has 1 amide bonds. The average Bonchev–Trinajstić information content (AvgIpc) is 2.92. The molecule has 3 heteroatoms. The first kappa shape index (κ1) is 14.8. The Morgan fingerprint density at radius 3 is 2.65 bits per heavy atom. The molecule has 1 aromatic heterocycles. The predicted octanol–water partition coefficient (Wildman–Crippen LogP) is 4.17. The Morgan fingerprint density at radius 1 is 1.25 bits per heavy atom. The van der Waals surface area contributed by atoms with Crippen LogP contribution in [0.25, 0.3) is 0 Å². The fourth-order valence-corrected chi connectivity index (χ4v) is 2.92. The van der Waals surface area contributed by atoms with Gasteiger partial charge in [-0.2, -0.15) is 0 Å². The Kier molecular flexibility index (Phi) is 4.96. The van der Waals surface area contributed by atoms with Gasteiger partial charge in [-0.25, -0.2) is 0 Å². The van der Waals surface area contributed by atoms with Crippen LogP contribution in [0.2, 0.25) is 0 Å². The molecule has 0 aliphatic carbocycles. The first-order chi connectivity index (χ1) is 9.60. The summed E-state index contributed by atoms with van der Waals surface area (Å²) in [4.78, 5) is 13.2. The molecule has 1 aromatic carbocycles. The molecular weight excluding hydrogens is 266 g/mol. The van der Waals surface area contributed by atoms with Gasteiger partial charge in [0, 0.05) is 4.88 Å². The van der Waals surface area contributed by atoms with Crippen molar-refractivity contribution in [3.05, 3.63) is 57.3 Å². The second kappa shape index (κ2) is 6.71. The first-order valence-corrected chi connectivity index (χ1v) is 7.87. The molecule has 1 heterocycles. The quantitative estimate of drug-likeness (QED) is 0.878. The molecule has 0 saturated carbocycles. The summed E-state index contributed by atoms with van der Waals surface area (Å²) in [6.45, 7) is 6.32. The van der Waals surface area contributed by atoms with Crippen LogP contribution < -0.4 is 5.32 Å². The smallest absolute Gasteiger partial charge is 0.225 e. The zero-order valence-corrected chi connectivity index (χ0v) is 13.1. The van der Waals surface area contributed by atoms with Crippen LogP contribution >= 0.6 is 11.3 Å². The molecule has 2 nitrogen and oxygen atoms in total. The van der Waals surface area contributed by atoms with Crippen molar-refractivity contribution in [2.24, 2.45) is 0 Å². The van der Waals surface area contributed by atoms with Crippen LogP contribution in [0.3, 0.4) is 0 Å². The van der Waals surface area contributed by atoms with E-state index in [-0.39, 0.29) is 11.9 Å². The largest absolute Gasteiger partial charge is 0.349 e. The number of hydrogen-bond acceptors (Lipinski definition) is 2. The van der Waals surface area contributed by atoms with Crippen LogP contribution in [-0.2, 0) is 11.2 Å². The van der Waals surface area contributed by atoms with Crippen LogP contribution in [0.5, 0.6) is 0 Å². The fourth-order valence-electron chi connectivity index (χ4n) is 2.22. The van der Waals surface area contributed by atoms with Gasteiger partial charge < -0.3 is 5.32 Å². The molecule has 0 bridgehead atoms. The summed E-state index contributed by atoms with van der Waals surface area (Å²) in [7, 11) is 0. The number of amides is 1. The molecule has 2 rings (SSSR count). The Morgan fingerprint density at radius 2 is 2.05 bits per heavy atom. The molecule has 0 fully saturated rings. The van der Waals surface area contributed by atoms with Gasteiger partial charge in [-0.15, -0.1) is 11.3 Å². The second-order valence-electron chi connectivity index (χ2n) is 5.13. The number of rotatable bonds is 5. The van der Waals surface area contributed by atoms with Crippen LogP contribution in [0, 0.1) is 13.8 Å². The molecule has 2 aromatic rings. The van der Waals surface area contributed by atoms with Gasteiger partial charge in [0.2, 0.25) is 5.91 Å². The van der Waals surface area contributed by atoms with E-state index >= 15 is 0 Å². The zero-order valence-electron chi connectivity index (χ0n) is 12.3. The van der Waals surface area contributed by atoms with Gasteiger partial charge in [-0.1, -0.05) is 31.2 Å². The molecule has 0 radical (unpaired) electrons. The standard InChI is InChI=1S/C17H21NOS/c1-4-16(14-8-7-12(2)13(3)10-14)18-17(19)11-15-6-5-9-20-15/h5-10,16H,4,11H2,1-3H3,(H,18,19)/t16-/m0/s1. The number of hydrogen-bond donors (Lipinski definition) is 1. The van der Waals surface area contributed by atoms with E-state index < -0.39 is 0 Å².